The number of nitrogens with one attached hydrogen (secondary N) is 3. The molecular formula is C15H17ClN4O3S. The molecular weight excluding hydrogens is 352 g/mol. The number of allylic oxidation sites excluding steroid dienone is 2. The van der Waals surface area contributed by atoms with Crippen molar-refractivity contribution < 1.29 is 13.4 Å². The molecule has 0 saturated heterocycles. The summed E-state index contributed by atoms with van der Waals surface area (Å²) in [4.78, 5) is 5.22. The Morgan fingerprint density at radius 1 is 1.25 bits per heavy atom. The molecule has 0 aromatic heterocycles. The van der Waals surface area contributed by atoms with E-state index < -0.39 is 10.0 Å². The molecule has 4 rings (SSSR count). The maximum atomic E-state index is 12.7. The zero-order valence-corrected chi connectivity index (χ0v) is 14.3. The summed E-state index contributed by atoms with van der Waals surface area (Å²) >= 11 is 0. The van der Waals surface area contributed by atoms with E-state index in [2.05, 4.69) is 15.5 Å². The summed E-state index contributed by atoms with van der Waals surface area (Å²) in [5.41, 5.74) is 5.93. The predicted molar refractivity (Wildman–Crippen MR) is 93.0 cm³/mol. The first-order chi connectivity index (χ1) is 11.1. The van der Waals surface area contributed by atoms with Crippen LogP contribution >= 0.6 is 12.4 Å². The van der Waals surface area contributed by atoms with E-state index in [1.165, 1.54) is 16.8 Å². The fraction of sp³-hybridized carbons (Fsp3) is 0.200. The Morgan fingerprint density at radius 3 is 3.00 bits per heavy atom. The van der Waals surface area contributed by atoms with Gasteiger partial charge in [0.05, 0.1) is 6.20 Å². The van der Waals surface area contributed by atoms with Crippen LogP contribution in [0.25, 0.3) is 0 Å². The summed E-state index contributed by atoms with van der Waals surface area (Å²) in [5, 5.41) is 4.65. The minimum Gasteiger partial charge on any atom is -0.312 e. The molecule has 3 N–H and O–H groups in total. The normalized spacial score (nSPS) is 18.6. The molecule has 0 unspecified atom stereocenters. The fourth-order valence-corrected chi connectivity index (χ4v) is 4.05. The van der Waals surface area contributed by atoms with Gasteiger partial charge in [0, 0.05) is 18.4 Å². The fourth-order valence-electron chi connectivity index (χ4n) is 2.82. The molecule has 1 aromatic carbocycles. The summed E-state index contributed by atoms with van der Waals surface area (Å²) < 4.78 is 28.0. The van der Waals surface area contributed by atoms with Gasteiger partial charge >= 0.3 is 0 Å². The van der Waals surface area contributed by atoms with Gasteiger partial charge in [-0.15, -0.1) is 12.4 Å². The second-order valence-electron chi connectivity index (χ2n) is 5.45. The highest BCUT2D eigenvalue weighted by molar-refractivity contribution is 7.96. The van der Waals surface area contributed by atoms with Gasteiger partial charge in [-0.05, 0) is 48.4 Å². The molecule has 0 radical (unpaired) electrons. The molecule has 0 aliphatic carbocycles. The largest absolute Gasteiger partial charge is 0.312 e. The Labute approximate surface area is 146 Å². The number of nitrogens with zero attached hydrogens (tertiary/aromatic N) is 1. The van der Waals surface area contributed by atoms with Gasteiger partial charge in [-0.25, -0.2) is 19.0 Å². The summed E-state index contributed by atoms with van der Waals surface area (Å²) in [7, 11) is -3.71. The van der Waals surface area contributed by atoms with Crippen LogP contribution in [0.1, 0.15) is 11.1 Å². The minimum atomic E-state index is -3.71. The Morgan fingerprint density at radius 2 is 2.12 bits per heavy atom. The number of hydrogen-bond donors (Lipinski definition) is 3. The van der Waals surface area contributed by atoms with Crippen molar-refractivity contribution in [3.05, 3.63) is 64.5 Å². The van der Waals surface area contributed by atoms with Crippen molar-refractivity contribution in [3.63, 3.8) is 0 Å². The van der Waals surface area contributed by atoms with Gasteiger partial charge < -0.3 is 5.32 Å². The number of sulfonamides is 1. The molecule has 0 amide bonds. The molecule has 0 spiro atoms. The average molecular weight is 369 g/mol. The second kappa shape index (κ2) is 6.48. The molecule has 0 atom stereocenters. The minimum absolute atomic E-state index is 0. The van der Waals surface area contributed by atoms with Crippen LogP contribution in [0.5, 0.6) is 0 Å². The molecule has 3 heterocycles. The molecule has 0 saturated carbocycles. The van der Waals surface area contributed by atoms with Crippen molar-refractivity contribution in [1.82, 2.24) is 15.9 Å². The Balaban J connectivity index is 0.00000169. The van der Waals surface area contributed by atoms with E-state index in [1.54, 1.807) is 24.4 Å². The average Bonchev–Trinajstić information content (AvgIpc) is 3.02. The zero-order valence-electron chi connectivity index (χ0n) is 12.7. The van der Waals surface area contributed by atoms with Crippen LogP contribution in [0.15, 0.2) is 53.4 Å². The predicted octanol–water partition coefficient (Wildman–Crippen LogP) is 1.50. The highest BCUT2D eigenvalue weighted by atomic mass is 35.5. The third-order valence-corrected chi connectivity index (χ3v) is 5.37. The maximum absolute atomic E-state index is 12.7. The smallest absolute Gasteiger partial charge is 0.264 e. The number of halogens is 1. The molecule has 7 nitrogen and oxygen atoms in total. The van der Waals surface area contributed by atoms with Crippen molar-refractivity contribution in [2.75, 3.05) is 11.3 Å². The summed E-state index contributed by atoms with van der Waals surface area (Å²) in [6.45, 7) is 1.71. The molecule has 24 heavy (non-hydrogen) atoms. The van der Waals surface area contributed by atoms with E-state index in [9.17, 15) is 8.42 Å². The highest BCUT2D eigenvalue weighted by Gasteiger charge is 2.30. The Bertz CT molecular complexity index is 848. The van der Waals surface area contributed by atoms with Gasteiger partial charge in [0.1, 0.15) is 10.6 Å². The number of rotatable bonds is 3. The van der Waals surface area contributed by atoms with Gasteiger partial charge in [0.2, 0.25) is 0 Å². The monoisotopic (exact) mass is 368 g/mol. The highest BCUT2D eigenvalue weighted by Crippen LogP contribution is 2.29. The lowest BCUT2D eigenvalue weighted by atomic mass is 10.0. The first-order valence-electron chi connectivity index (χ1n) is 7.30. The molecule has 1 aromatic rings. The lowest BCUT2D eigenvalue weighted by Gasteiger charge is -2.21. The van der Waals surface area contributed by atoms with E-state index >= 15 is 0 Å². The van der Waals surface area contributed by atoms with Crippen LogP contribution < -0.4 is 15.5 Å². The lowest BCUT2D eigenvalue weighted by Crippen LogP contribution is -2.25. The van der Waals surface area contributed by atoms with Crippen molar-refractivity contribution >= 4 is 28.1 Å². The Hall–Kier alpha value is -2.00. The molecule has 3 aliphatic rings. The number of hydrogen-bond acceptors (Lipinski definition) is 6. The summed E-state index contributed by atoms with van der Waals surface area (Å²) in [5.74, 6) is 0. The van der Waals surface area contributed by atoms with E-state index in [1.807, 2.05) is 12.1 Å². The van der Waals surface area contributed by atoms with Crippen LogP contribution in [0.2, 0.25) is 0 Å². The van der Waals surface area contributed by atoms with Gasteiger partial charge in [-0.1, -0.05) is 6.07 Å². The van der Waals surface area contributed by atoms with E-state index in [0.29, 0.717) is 11.4 Å². The van der Waals surface area contributed by atoms with Gasteiger partial charge in [-0.2, -0.15) is 4.94 Å². The number of benzene rings is 1. The SMILES string of the molecule is Cl.O=S(=O)(Nc1ccc2c(c1)CNCC2)C1=CC=CN2ONC=C12. The van der Waals surface area contributed by atoms with Crippen LogP contribution in [-0.4, -0.2) is 20.0 Å². The molecule has 3 aliphatic heterocycles. The van der Waals surface area contributed by atoms with Gasteiger partial charge in [0.25, 0.3) is 10.0 Å². The van der Waals surface area contributed by atoms with Gasteiger partial charge in [-0.3, -0.25) is 4.72 Å². The maximum Gasteiger partial charge on any atom is 0.264 e. The standard InChI is InChI=1S/C15H16N4O3S.ClH/c20-23(21,15-2-1-7-19-14(15)10-17-22-19)18-13-4-3-11-5-6-16-9-12(11)8-13;/h1-4,7-8,10,16-18H,5-6,9H2;1H. The first-order valence-corrected chi connectivity index (χ1v) is 8.78. The molecule has 0 bridgehead atoms. The first kappa shape index (κ1) is 16.8. The lowest BCUT2D eigenvalue weighted by molar-refractivity contribution is -0.112. The van der Waals surface area contributed by atoms with E-state index in [0.717, 1.165) is 25.1 Å². The third-order valence-electron chi connectivity index (χ3n) is 3.94. The van der Waals surface area contributed by atoms with Gasteiger partial charge in [0.15, 0.2) is 0 Å². The van der Waals surface area contributed by atoms with Crippen molar-refractivity contribution in [1.29, 1.82) is 0 Å². The number of fused-ring (bicyclic) bond motifs is 2. The quantitative estimate of drug-likeness (QED) is 0.750. The molecule has 9 heteroatoms. The number of hydroxylamine groups is 3. The van der Waals surface area contributed by atoms with Crippen LogP contribution in [0.3, 0.4) is 0 Å². The third kappa shape index (κ3) is 3.01. The van der Waals surface area contributed by atoms with Crippen LogP contribution in [0, 0.1) is 0 Å². The summed E-state index contributed by atoms with van der Waals surface area (Å²) in [6, 6.07) is 5.67. The zero-order chi connectivity index (χ0) is 15.9. The van der Waals surface area contributed by atoms with Crippen molar-refractivity contribution in [2.24, 2.45) is 0 Å². The summed E-state index contributed by atoms with van der Waals surface area (Å²) in [6.07, 6.45) is 7.26. The molecule has 0 fully saturated rings. The molecule has 128 valence electrons. The van der Waals surface area contributed by atoms with E-state index in [-0.39, 0.29) is 17.3 Å². The van der Waals surface area contributed by atoms with Crippen LogP contribution in [0.4, 0.5) is 5.69 Å². The van der Waals surface area contributed by atoms with Crippen LogP contribution in [-0.2, 0) is 27.9 Å². The number of anilines is 1. The van der Waals surface area contributed by atoms with Crippen molar-refractivity contribution in [3.8, 4) is 0 Å². The second-order valence-corrected chi connectivity index (χ2v) is 7.10. The van der Waals surface area contributed by atoms with Crippen molar-refractivity contribution in [2.45, 2.75) is 13.0 Å². The van der Waals surface area contributed by atoms with E-state index in [4.69, 9.17) is 4.94 Å². The Kier molecular flexibility index (Phi) is 4.55. The topological polar surface area (TPSA) is 82.7 Å².